The van der Waals surface area contributed by atoms with Gasteiger partial charge < -0.3 is 14.5 Å². The molecule has 162 valence electrons. The van der Waals surface area contributed by atoms with Crippen molar-refractivity contribution in [2.24, 2.45) is 0 Å². The fourth-order valence-corrected chi connectivity index (χ4v) is 4.44. The number of hydrogen-bond acceptors (Lipinski definition) is 5. The Morgan fingerprint density at radius 1 is 1.23 bits per heavy atom. The number of fused-ring (bicyclic) bond motifs is 1. The van der Waals surface area contributed by atoms with Gasteiger partial charge in [-0.25, -0.2) is 0 Å². The number of aliphatic hydroxyl groups is 1. The van der Waals surface area contributed by atoms with Crippen LogP contribution >= 0.6 is 0 Å². The molecule has 0 radical (unpaired) electrons. The van der Waals surface area contributed by atoms with Crippen LogP contribution < -0.4 is 0 Å². The van der Waals surface area contributed by atoms with Gasteiger partial charge in [-0.2, -0.15) is 13.2 Å². The minimum atomic E-state index is -4.38. The first-order valence-electron chi connectivity index (χ1n) is 10.1. The van der Waals surface area contributed by atoms with Crippen molar-refractivity contribution in [2.75, 3.05) is 19.6 Å². The van der Waals surface area contributed by atoms with Crippen LogP contribution in [0.15, 0.2) is 28.8 Å². The van der Waals surface area contributed by atoms with E-state index < -0.39 is 18.0 Å². The molecule has 4 rings (SSSR count). The molecule has 1 saturated heterocycles. The Balaban J connectivity index is 1.46. The molecule has 2 aliphatic rings. The Labute approximate surface area is 172 Å². The second-order valence-corrected chi connectivity index (χ2v) is 7.93. The van der Waals surface area contributed by atoms with Gasteiger partial charge in [-0.1, -0.05) is 23.4 Å². The van der Waals surface area contributed by atoms with Crippen LogP contribution in [0, 0.1) is 0 Å². The average molecular weight is 423 g/mol. The molecule has 1 atom stereocenters. The second-order valence-electron chi connectivity index (χ2n) is 7.93. The van der Waals surface area contributed by atoms with Crippen LogP contribution in [0.25, 0.3) is 0 Å². The monoisotopic (exact) mass is 423 g/mol. The van der Waals surface area contributed by atoms with Crippen molar-refractivity contribution < 1.29 is 27.6 Å². The summed E-state index contributed by atoms with van der Waals surface area (Å²) in [5.74, 6) is 0.410. The quantitative estimate of drug-likeness (QED) is 0.819. The molecule has 0 saturated carbocycles. The molecule has 1 aromatic carbocycles. The van der Waals surface area contributed by atoms with Crippen LogP contribution in [0.3, 0.4) is 0 Å². The Morgan fingerprint density at radius 2 is 1.93 bits per heavy atom. The van der Waals surface area contributed by atoms with Crippen LogP contribution in [0.2, 0.25) is 0 Å². The normalized spacial score (nSPS) is 19.6. The van der Waals surface area contributed by atoms with Crippen molar-refractivity contribution in [1.82, 2.24) is 15.0 Å². The number of aromatic nitrogens is 1. The number of alkyl halides is 3. The van der Waals surface area contributed by atoms with Gasteiger partial charge in [-0.3, -0.25) is 9.69 Å². The molecule has 0 spiro atoms. The smallest absolute Gasteiger partial charge is 0.372 e. The molecule has 1 unspecified atom stereocenters. The summed E-state index contributed by atoms with van der Waals surface area (Å²) in [7, 11) is 0. The lowest BCUT2D eigenvalue weighted by molar-refractivity contribution is -0.138. The van der Waals surface area contributed by atoms with E-state index in [0.29, 0.717) is 62.5 Å². The summed E-state index contributed by atoms with van der Waals surface area (Å²) in [5.41, 5.74) is 0.854. The molecule has 1 N–H and O–H groups in total. The third-order valence-electron chi connectivity index (χ3n) is 6.13. The van der Waals surface area contributed by atoms with Gasteiger partial charge in [0.15, 0.2) is 6.23 Å². The highest BCUT2D eigenvalue weighted by atomic mass is 19.4. The van der Waals surface area contributed by atoms with E-state index in [1.807, 2.05) is 0 Å². The third kappa shape index (κ3) is 3.96. The number of halogens is 3. The minimum Gasteiger partial charge on any atom is -0.372 e. The Hall–Kier alpha value is -2.39. The summed E-state index contributed by atoms with van der Waals surface area (Å²) in [6.07, 6.45) is -3.84. The van der Waals surface area contributed by atoms with Crippen LogP contribution in [0.1, 0.15) is 60.1 Å². The van der Waals surface area contributed by atoms with Crippen LogP contribution in [0.4, 0.5) is 13.2 Å². The van der Waals surface area contributed by atoms with Crippen molar-refractivity contribution in [3.05, 3.63) is 52.4 Å². The van der Waals surface area contributed by atoms with E-state index in [1.54, 1.807) is 21.9 Å². The molecule has 1 aromatic heterocycles. The summed E-state index contributed by atoms with van der Waals surface area (Å²) < 4.78 is 45.4. The maximum atomic E-state index is 13.3. The topological polar surface area (TPSA) is 69.8 Å². The van der Waals surface area contributed by atoms with Crippen molar-refractivity contribution >= 4 is 5.91 Å². The summed E-state index contributed by atoms with van der Waals surface area (Å²) in [5, 5.41) is 14.9. The molecule has 3 heterocycles. The van der Waals surface area contributed by atoms with E-state index in [1.165, 1.54) is 13.0 Å². The zero-order valence-corrected chi connectivity index (χ0v) is 16.7. The average Bonchev–Trinajstić information content (AvgIpc) is 3.16. The molecule has 2 aromatic rings. The van der Waals surface area contributed by atoms with Crippen LogP contribution in [-0.2, 0) is 23.9 Å². The van der Waals surface area contributed by atoms with E-state index in [9.17, 15) is 23.1 Å². The van der Waals surface area contributed by atoms with Crippen molar-refractivity contribution in [3.8, 4) is 0 Å². The highest BCUT2D eigenvalue weighted by molar-refractivity contribution is 5.73. The van der Waals surface area contributed by atoms with Crippen molar-refractivity contribution in [2.45, 2.75) is 51.1 Å². The summed E-state index contributed by atoms with van der Waals surface area (Å²) in [6.45, 7) is 3.28. The van der Waals surface area contributed by atoms with Crippen molar-refractivity contribution in [1.29, 1.82) is 0 Å². The fourth-order valence-electron chi connectivity index (χ4n) is 4.44. The first-order chi connectivity index (χ1) is 14.3. The summed E-state index contributed by atoms with van der Waals surface area (Å²) in [4.78, 5) is 15.2. The molecule has 0 aliphatic carbocycles. The SMILES string of the molecule is CC(=O)N1CCc2onc(C(O)N3CCC(c4ccccc4C(F)(F)F)CC3)c2C1. The predicted molar refractivity (Wildman–Crippen MR) is 101 cm³/mol. The van der Waals surface area contributed by atoms with Gasteiger partial charge >= 0.3 is 6.18 Å². The molecule has 2 aliphatic heterocycles. The van der Waals surface area contributed by atoms with Gasteiger partial charge in [0.25, 0.3) is 0 Å². The van der Waals surface area contributed by atoms with Gasteiger partial charge in [0.05, 0.1) is 12.1 Å². The van der Waals surface area contributed by atoms with E-state index in [-0.39, 0.29) is 11.8 Å². The molecule has 30 heavy (non-hydrogen) atoms. The Kier molecular flexibility index (Phi) is 5.59. The van der Waals surface area contributed by atoms with Gasteiger partial charge in [0.1, 0.15) is 11.5 Å². The molecule has 0 bridgehead atoms. The molecule has 9 heteroatoms. The zero-order chi connectivity index (χ0) is 21.5. The maximum Gasteiger partial charge on any atom is 0.416 e. The predicted octanol–water partition coefficient (Wildman–Crippen LogP) is 3.47. The number of amides is 1. The number of rotatable bonds is 3. The lowest BCUT2D eigenvalue weighted by Gasteiger charge is -2.35. The number of piperidine rings is 1. The summed E-state index contributed by atoms with van der Waals surface area (Å²) in [6, 6.07) is 5.71. The van der Waals surface area contributed by atoms with E-state index >= 15 is 0 Å². The van der Waals surface area contributed by atoms with Gasteiger partial charge in [0, 0.05) is 38.5 Å². The second kappa shape index (κ2) is 8.03. The first-order valence-corrected chi connectivity index (χ1v) is 10.1. The number of benzene rings is 1. The van der Waals surface area contributed by atoms with Gasteiger partial charge in [-0.05, 0) is 30.4 Å². The van der Waals surface area contributed by atoms with Gasteiger partial charge in [0.2, 0.25) is 5.91 Å². The molecule has 1 amide bonds. The highest BCUT2D eigenvalue weighted by Gasteiger charge is 2.37. The third-order valence-corrected chi connectivity index (χ3v) is 6.13. The summed E-state index contributed by atoms with van der Waals surface area (Å²) >= 11 is 0. The standard InChI is InChI=1S/C21H24F3N3O3/c1-13(28)27-11-8-18-16(12-27)19(25-30-18)20(29)26-9-6-14(7-10-26)15-4-2-3-5-17(15)21(22,23)24/h2-5,14,20,29H,6-12H2,1H3. The lowest BCUT2D eigenvalue weighted by Crippen LogP contribution is -2.38. The number of hydrogen-bond donors (Lipinski definition) is 1. The number of carbonyl (C=O) groups is 1. The molecule has 1 fully saturated rings. The lowest BCUT2D eigenvalue weighted by atomic mass is 9.86. The van der Waals surface area contributed by atoms with Gasteiger partial charge in [-0.15, -0.1) is 0 Å². The maximum absolute atomic E-state index is 13.3. The number of aliphatic hydroxyl groups excluding tert-OH is 1. The van der Waals surface area contributed by atoms with Crippen LogP contribution in [0.5, 0.6) is 0 Å². The van der Waals surface area contributed by atoms with E-state index in [4.69, 9.17) is 4.52 Å². The fraction of sp³-hybridized carbons (Fsp3) is 0.524. The van der Waals surface area contributed by atoms with Crippen LogP contribution in [-0.4, -0.2) is 45.6 Å². The largest absolute Gasteiger partial charge is 0.416 e. The minimum absolute atomic E-state index is 0.0496. The number of likely N-dealkylation sites (tertiary alicyclic amines) is 1. The highest BCUT2D eigenvalue weighted by Crippen LogP contribution is 2.40. The Bertz CT molecular complexity index is 920. The zero-order valence-electron chi connectivity index (χ0n) is 16.7. The molecule has 6 nitrogen and oxygen atoms in total. The number of nitrogens with zero attached hydrogens (tertiary/aromatic N) is 3. The number of carbonyl (C=O) groups excluding carboxylic acids is 1. The van der Waals surface area contributed by atoms with E-state index in [2.05, 4.69) is 5.16 Å². The molecular weight excluding hydrogens is 399 g/mol. The van der Waals surface area contributed by atoms with Crippen molar-refractivity contribution in [3.63, 3.8) is 0 Å². The first kappa shape index (κ1) is 20.9. The van der Waals surface area contributed by atoms with E-state index in [0.717, 1.165) is 11.6 Å². The Morgan fingerprint density at radius 3 is 2.60 bits per heavy atom. The molecular formula is C21H24F3N3O3.